The van der Waals surface area contributed by atoms with Crippen LogP contribution in [0, 0.1) is 0 Å². The van der Waals surface area contributed by atoms with Crippen molar-refractivity contribution in [3.63, 3.8) is 0 Å². The second kappa shape index (κ2) is 10.5. The highest BCUT2D eigenvalue weighted by atomic mass is 32.1. The average Bonchev–Trinajstić information content (AvgIpc) is 3.69. The maximum absolute atomic E-state index is 6.30. The van der Waals surface area contributed by atoms with E-state index in [1.165, 1.54) is 42.4 Å². The molecule has 0 radical (unpaired) electrons. The van der Waals surface area contributed by atoms with E-state index in [-0.39, 0.29) is 0 Å². The van der Waals surface area contributed by atoms with Crippen LogP contribution in [0.25, 0.3) is 64.4 Å². The van der Waals surface area contributed by atoms with Crippen molar-refractivity contribution in [2.45, 2.75) is 0 Å². The quantitative estimate of drug-likeness (QED) is 0.197. The average molecular weight is 594 g/mol. The highest BCUT2D eigenvalue weighted by Crippen LogP contribution is 2.49. The molecule has 0 saturated carbocycles. The Bertz CT molecular complexity index is 2470. The largest absolute Gasteiger partial charge is 0.456 e. The Morgan fingerprint density at radius 1 is 0.422 bits per heavy atom. The number of hydrogen-bond acceptors (Lipinski definition) is 3. The molecule has 2 nitrogen and oxygen atoms in total. The van der Waals surface area contributed by atoms with E-state index in [9.17, 15) is 0 Å². The normalized spacial score (nSPS) is 11.6. The number of fused-ring (bicyclic) bond motifs is 6. The van der Waals surface area contributed by atoms with Crippen molar-refractivity contribution in [2.24, 2.45) is 0 Å². The fourth-order valence-electron chi connectivity index (χ4n) is 6.65. The molecule has 0 atom stereocenters. The molecule has 0 aliphatic carbocycles. The van der Waals surface area contributed by atoms with Crippen molar-refractivity contribution in [3.05, 3.63) is 164 Å². The monoisotopic (exact) mass is 593 g/mol. The van der Waals surface area contributed by atoms with Gasteiger partial charge in [0.05, 0.1) is 5.69 Å². The minimum Gasteiger partial charge on any atom is -0.456 e. The van der Waals surface area contributed by atoms with E-state index in [1.54, 1.807) is 0 Å². The first-order valence-electron chi connectivity index (χ1n) is 15.2. The van der Waals surface area contributed by atoms with E-state index in [2.05, 4.69) is 163 Å². The Hall–Kier alpha value is -5.64. The van der Waals surface area contributed by atoms with Gasteiger partial charge in [-0.05, 0) is 65.2 Å². The third-order valence-corrected chi connectivity index (χ3v) is 9.89. The molecule has 9 aromatic rings. The minimum atomic E-state index is 0.913. The van der Waals surface area contributed by atoms with Crippen molar-refractivity contribution in [1.29, 1.82) is 0 Å². The molecular formula is C42H27NOS. The highest BCUT2D eigenvalue weighted by molar-refractivity contribution is 7.26. The summed E-state index contributed by atoms with van der Waals surface area (Å²) < 4.78 is 8.85. The summed E-state index contributed by atoms with van der Waals surface area (Å²) in [6, 6.07) is 58.3. The second-order valence-electron chi connectivity index (χ2n) is 11.3. The molecule has 2 aromatic heterocycles. The van der Waals surface area contributed by atoms with E-state index in [1.807, 2.05) is 17.4 Å². The van der Waals surface area contributed by atoms with E-state index < -0.39 is 0 Å². The predicted molar refractivity (Wildman–Crippen MR) is 192 cm³/mol. The lowest BCUT2D eigenvalue weighted by Crippen LogP contribution is -2.10. The molecule has 0 spiro atoms. The van der Waals surface area contributed by atoms with Crippen LogP contribution in [0.3, 0.4) is 0 Å². The molecule has 9 rings (SSSR count). The zero-order valence-electron chi connectivity index (χ0n) is 24.4. The molecule has 0 bridgehead atoms. The lowest BCUT2D eigenvalue weighted by Gasteiger charge is -2.27. The van der Waals surface area contributed by atoms with Crippen LogP contribution in [0.15, 0.2) is 168 Å². The molecule has 0 N–H and O–H groups in total. The zero-order valence-corrected chi connectivity index (χ0v) is 25.2. The third kappa shape index (κ3) is 4.24. The smallest absolute Gasteiger partial charge is 0.136 e. The SMILES string of the molecule is c1ccc(-c2ccc(N(c3ccccc3)c3ccc(-c4cccc5oc6ccccc6c45)c4sc5ccccc5c34)cc2)cc1. The first kappa shape index (κ1) is 25.8. The van der Waals surface area contributed by atoms with Crippen molar-refractivity contribution in [3.8, 4) is 22.3 Å². The van der Waals surface area contributed by atoms with Crippen LogP contribution in [0.5, 0.6) is 0 Å². The molecule has 0 fully saturated rings. The Labute approximate surface area is 265 Å². The van der Waals surface area contributed by atoms with Gasteiger partial charge >= 0.3 is 0 Å². The number of furan rings is 1. The van der Waals surface area contributed by atoms with Crippen LogP contribution in [0.4, 0.5) is 17.1 Å². The maximum atomic E-state index is 6.30. The summed E-state index contributed by atoms with van der Waals surface area (Å²) in [5, 5.41) is 4.83. The van der Waals surface area contributed by atoms with Gasteiger partial charge in [-0.1, -0.05) is 115 Å². The van der Waals surface area contributed by atoms with Crippen molar-refractivity contribution in [2.75, 3.05) is 4.90 Å². The van der Waals surface area contributed by atoms with Crippen LogP contribution in [-0.4, -0.2) is 0 Å². The van der Waals surface area contributed by atoms with Gasteiger partial charge < -0.3 is 9.32 Å². The van der Waals surface area contributed by atoms with E-state index in [4.69, 9.17) is 4.42 Å². The zero-order chi connectivity index (χ0) is 29.7. The topological polar surface area (TPSA) is 16.4 Å². The number of nitrogens with zero attached hydrogens (tertiary/aromatic N) is 1. The summed E-state index contributed by atoms with van der Waals surface area (Å²) in [5.41, 5.74) is 10.1. The molecule has 0 unspecified atom stereocenters. The van der Waals surface area contributed by atoms with Gasteiger partial charge in [0, 0.05) is 47.9 Å². The number of thiophene rings is 1. The van der Waals surface area contributed by atoms with Gasteiger partial charge in [0.15, 0.2) is 0 Å². The minimum absolute atomic E-state index is 0.913. The van der Waals surface area contributed by atoms with Crippen molar-refractivity contribution < 1.29 is 4.42 Å². The summed E-state index contributed by atoms with van der Waals surface area (Å²) in [6.45, 7) is 0. The molecular weight excluding hydrogens is 567 g/mol. The summed E-state index contributed by atoms with van der Waals surface area (Å²) >= 11 is 1.86. The Balaban J connectivity index is 1.31. The first-order chi connectivity index (χ1) is 22.3. The van der Waals surface area contributed by atoms with Gasteiger partial charge in [0.2, 0.25) is 0 Å². The predicted octanol–water partition coefficient (Wildman–Crippen LogP) is 12.8. The summed E-state index contributed by atoms with van der Waals surface area (Å²) in [5.74, 6) is 0. The fraction of sp³-hybridized carbons (Fsp3) is 0. The van der Waals surface area contributed by atoms with Crippen LogP contribution in [0.2, 0.25) is 0 Å². The number of rotatable bonds is 5. The molecule has 212 valence electrons. The molecule has 0 saturated heterocycles. The molecule has 45 heavy (non-hydrogen) atoms. The van der Waals surface area contributed by atoms with Gasteiger partial charge in [-0.25, -0.2) is 0 Å². The van der Waals surface area contributed by atoms with Gasteiger partial charge in [-0.15, -0.1) is 11.3 Å². The van der Waals surface area contributed by atoms with Crippen LogP contribution >= 0.6 is 11.3 Å². The standard InChI is InChI=1S/C42H27NOS/c1-3-12-28(13-4-1)29-22-24-31(25-23-29)43(30-14-5-2-6-15-30)36-27-26-33(42-41(36)35-17-8-10-21-39(35)45-42)32-18-11-20-38-40(32)34-16-7-9-19-37(34)44-38/h1-27H. The van der Waals surface area contributed by atoms with Gasteiger partial charge in [-0.2, -0.15) is 0 Å². The lowest BCUT2D eigenvalue weighted by atomic mass is 9.96. The number of anilines is 3. The van der Waals surface area contributed by atoms with Crippen molar-refractivity contribution in [1.82, 2.24) is 0 Å². The van der Waals surface area contributed by atoms with Crippen LogP contribution in [0.1, 0.15) is 0 Å². The fourth-order valence-corrected chi connectivity index (χ4v) is 7.90. The number of benzene rings is 7. The lowest BCUT2D eigenvalue weighted by molar-refractivity contribution is 0.669. The van der Waals surface area contributed by atoms with Gasteiger partial charge in [0.1, 0.15) is 11.2 Å². The van der Waals surface area contributed by atoms with E-state index in [0.717, 1.165) is 39.0 Å². The molecule has 2 heterocycles. The molecule has 0 amide bonds. The van der Waals surface area contributed by atoms with Gasteiger partial charge in [0.25, 0.3) is 0 Å². The molecule has 0 aliphatic rings. The molecule has 3 heteroatoms. The molecule has 7 aromatic carbocycles. The number of hydrogen-bond donors (Lipinski definition) is 0. The summed E-state index contributed by atoms with van der Waals surface area (Å²) in [6.07, 6.45) is 0. The van der Waals surface area contributed by atoms with Crippen molar-refractivity contribution >= 4 is 70.5 Å². The highest BCUT2D eigenvalue weighted by Gasteiger charge is 2.22. The van der Waals surface area contributed by atoms with E-state index >= 15 is 0 Å². The Morgan fingerprint density at radius 3 is 1.89 bits per heavy atom. The number of para-hydroxylation sites is 2. The summed E-state index contributed by atoms with van der Waals surface area (Å²) in [4.78, 5) is 2.40. The Morgan fingerprint density at radius 2 is 1.07 bits per heavy atom. The first-order valence-corrected chi connectivity index (χ1v) is 16.0. The van der Waals surface area contributed by atoms with E-state index in [0.29, 0.717) is 0 Å². The van der Waals surface area contributed by atoms with Crippen LogP contribution < -0.4 is 4.90 Å². The summed E-state index contributed by atoms with van der Waals surface area (Å²) in [7, 11) is 0. The Kier molecular flexibility index (Phi) is 6.03. The van der Waals surface area contributed by atoms with Crippen LogP contribution in [-0.2, 0) is 0 Å². The third-order valence-electron chi connectivity index (χ3n) is 8.68. The second-order valence-corrected chi connectivity index (χ2v) is 12.3. The molecule has 0 aliphatic heterocycles. The maximum Gasteiger partial charge on any atom is 0.136 e. The van der Waals surface area contributed by atoms with Gasteiger partial charge in [-0.3, -0.25) is 0 Å².